The second kappa shape index (κ2) is 8.83. The normalized spacial score (nSPS) is 13.5. The highest BCUT2D eigenvalue weighted by Gasteiger charge is 2.41. The Morgan fingerprint density at radius 2 is 1.18 bits per heavy atom. The molecule has 0 radical (unpaired) electrons. The van der Waals surface area contributed by atoms with Gasteiger partial charge in [-0.1, -0.05) is 91.0 Å². The van der Waals surface area contributed by atoms with Crippen LogP contribution >= 0.6 is 0 Å². The highest BCUT2D eigenvalue weighted by Crippen LogP contribution is 2.37. The highest BCUT2D eigenvalue weighted by atomic mass is 16.5. The van der Waals surface area contributed by atoms with Crippen molar-refractivity contribution < 1.29 is 14.6 Å². The largest absolute Gasteiger partial charge is 0.468 e. The van der Waals surface area contributed by atoms with Crippen LogP contribution < -0.4 is 5.32 Å². The molecule has 0 saturated heterocycles. The van der Waals surface area contributed by atoms with Crippen LogP contribution in [-0.2, 0) is 15.1 Å². The molecule has 0 bridgehead atoms. The molecule has 0 fully saturated rings. The molecule has 4 heteroatoms. The monoisotopic (exact) mass is 375 g/mol. The lowest BCUT2D eigenvalue weighted by Gasteiger charge is -2.40. The van der Waals surface area contributed by atoms with Crippen LogP contribution in [0.2, 0.25) is 0 Å². The summed E-state index contributed by atoms with van der Waals surface area (Å²) in [6.07, 6.45) is -0.942. The van der Waals surface area contributed by atoms with E-state index >= 15 is 0 Å². The fourth-order valence-corrected chi connectivity index (χ4v) is 3.55. The zero-order valence-electron chi connectivity index (χ0n) is 16.1. The summed E-state index contributed by atoms with van der Waals surface area (Å²) in [5.74, 6) is -0.512. The lowest BCUT2D eigenvalue weighted by Crippen LogP contribution is -2.56. The number of hydrogen-bond acceptors (Lipinski definition) is 4. The molecule has 0 heterocycles. The number of ether oxygens (including phenoxy) is 1. The number of aliphatic hydroxyl groups excluding tert-OH is 1. The quantitative estimate of drug-likeness (QED) is 0.490. The van der Waals surface area contributed by atoms with Gasteiger partial charge in [-0.3, -0.25) is 10.1 Å². The van der Waals surface area contributed by atoms with Crippen molar-refractivity contribution in [3.05, 3.63) is 108 Å². The maximum atomic E-state index is 12.5. The fourth-order valence-electron chi connectivity index (χ4n) is 3.55. The molecule has 2 N–H and O–H groups in total. The van der Waals surface area contributed by atoms with E-state index in [1.54, 1.807) is 6.92 Å². The van der Waals surface area contributed by atoms with Crippen molar-refractivity contribution in [2.75, 3.05) is 7.11 Å². The van der Waals surface area contributed by atoms with Gasteiger partial charge in [0.2, 0.25) is 0 Å². The molecule has 2 atom stereocenters. The van der Waals surface area contributed by atoms with Crippen LogP contribution in [0.4, 0.5) is 0 Å². The number of carbonyl (C=O) groups excluding carboxylic acids is 1. The smallest absolute Gasteiger partial charge is 0.325 e. The van der Waals surface area contributed by atoms with Crippen LogP contribution in [0.5, 0.6) is 0 Å². The van der Waals surface area contributed by atoms with Gasteiger partial charge in [-0.2, -0.15) is 0 Å². The summed E-state index contributed by atoms with van der Waals surface area (Å²) in [6, 6.07) is 28.8. The van der Waals surface area contributed by atoms with Crippen LogP contribution in [0.3, 0.4) is 0 Å². The summed E-state index contributed by atoms with van der Waals surface area (Å²) >= 11 is 0. The third-order valence-electron chi connectivity index (χ3n) is 4.93. The maximum Gasteiger partial charge on any atom is 0.325 e. The zero-order valence-corrected chi connectivity index (χ0v) is 16.1. The Balaban J connectivity index is 2.29. The molecule has 3 rings (SSSR count). The Bertz CT molecular complexity index is 783. The second-order valence-corrected chi connectivity index (χ2v) is 6.73. The van der Waals surface area contributed by atoms with E-state index in [0.717, 1.165) is 16.7 Å². The summed E-state index contributed by atoms with van der Waals surface area (Å²) in [7, 11) is 1.33. The first-order valence-corrected chi connectivity index (χ1v) is 9.29. The molecule has 0 aliphatic heterocycles. The molecule has 0 saturated carbocycles. The fraction of sp³-hybridized carbons (Fsp3) is 0.208. The van der Waals surface area contributed by atoms with Gasteiger partial charge in [-0.15, -0.1) is 0 Å². The number of aliphatic hydroxyl groups is 1. The van der Waals surface area contributed by atoms with Crippen molar-refractivity contribution in [2.24, 2.45) is 0 Å². The Kier molecular flexibility index (Phi) is 6.24. The SMILES string of the molecule is COC(=O)[C@@H](NC(c1ccccc1)(c1ccccc1)c1ccccc1)C(C)O. The number of nitrogens with one attached hydrogen (secondary N) is 1. The Hall–Kier alpha value is -2.95. The van der Waals surface area contributed by atoms with Crippen LogP contribution in [0.25, 0.3) is 0 Å². The van der Waals surface area contributed by atoms with E-state index < -0.39 is 23.7 Å². The average molecular weight is 375 g/mol. The third kappa shape index (κ3) is 3.84. The van der Waals surface area contributed by atoms with Gasteiger partial charge < -0.3 is 9.84 Å². The summed E-state index contributed by atoms with van der Waals surface area (Å²) in [5, 5.41) is 13.8. The van der Waals surface area contributed by atoms with Crippen LogP contribution in [0, 0.1) is 0 Å². The molecule has 0 aliphatic rings. The van der Waals surface area contributed by atoms with Crippen molar-refractivity contribution in [1.29, 1.82) is 0 Å². The molecule has 3 aromatic carbocycles. The van der Waals surface area contributed by atoms with E-state index in [2.05, 4.69) is 5.32 Å². The van der Waals surface area contributed by atoms with Gasteiger partial charge in [0.15, 0.2) is 0 Å². The molecule has 0 amide bonds. The number of carbonyl (C=O) groups is 1. The Morgan fingerprint density at radius 3 is 1.46 bits per heavy atom. The zero-order chi connectivity index (χ0) is 20.0. The lowest BCUT2D eigenvalue weighted by atomic mass is 9.76. The number of rotatable bonds is 7. The van der Waals surface area contributed by atoms with Gasteiger partial charge in [-0.05, 0) is 23.6 Å². The molecule has 0 spiro atoms. The molecule has 0 aliphatic carbocycles. The Morgan fingerprint density at radius 1 is 0.821 bits per heavy atom. The minimum atomic E-state index is -0.942. The standard InChI is InChI=1S/C24H25NO3/c1-18(26)22(23(27)28-2)25-24(19-12-6-3-7-13-19,20-14-8-4-9-15-20)21-16-10-5-11-17-21/h3-18,22,25-26H,1-2H3/t18?,22-/m0/s1. The second-order valence-electron chi connectivity index (χ2n) is 6.73. The van der Waals surface area contributed by atoms with E-state index in [9.17, 15) is 9.90 Å². The number of methoxy groups -OCH3 is 1. The predicted molar refractivity (Wildman–Crippen MR) is 110 cm³/mol. The average Bonchev–Trinajstić information content (AvgIpc) is 2.76. The molecule has 3 aromatic rings. The van der Waals surface area contributed by atoms with E-state index in [4.69, 9.17) is 4.74 Å². The van der Waals surface area contributed by atoms with Gasteiger partial charge >= 0.3 is 5.97 Å². The van der Waals surface area contributed by atoms with E-state index in [-0.39, 0.29) is 0 Å². The van der Waals surface area contributed by atoms with Gasteiger partial charge in [0.25, 0.3) is 0 Å². The molecule has 1 unspecified atom stereocenters. The summed E-state index contributed by atoms with van der Waals surface area (Å²) in [5.41, 5.74) is 2.03. The molecule has 0 aromatic heterocycles. The summed E-state index contributed by atoms with van der Waals surface area (Å²) < 4.78 is 4.97. The summed E-state index contributed by atoms with van der Waals surface area (Å²) in [6.45, 7) is 1.58. The van der Waals surface area contributed by atoms with Crippen molar-refractivity contribution in [3.63, 3.8) is 0 Å². The molecular weight excluding hydrogens is 350 g/mol. The number of benzene rings is 3. The number of esters is 1. The Labute approximate surface area is 165 Å². The molecule has 28 heavy (non-hydrogen) atoms. The maximum absolute atomic E-state index is 12.5. The first-order valence-electron chi connectivity index (χ1n) is 9.29. The first-order chi connectivity index (χ1) is 13.6. The van der Waals surface area contributed by atoms with Crippen molar-refractivity contribution in [3.8, 4) is 0 Å². The lowest BCUT2D eigenvalue weighted by molar-refractivity contribution is -0.146. The minimum absolute atomic E-state index is 0.512. The van der Waals surface area contributed by atoms with Gasteiger partial charge in [0.05, 0.1) is 18.8 Å². The predicted octanol–water partition coefficient (Wildman–Crippen LogP) is 3.49. The van der Waals surface area contributed by atoms with Gasteiger partial charge in [-0.25, -0.2) is 0 Å². The van der Waals surface area contributed by atoms with Gasteiger partial charge in [0.1, 0.15) is 6.04 Å². The van der Waals surface area contributed by atoms with Crippen molar-refractivity contribution in [1.82, 2.24) is 5.32 Å². The molecule has 144 valence electrons. The van der Waals surface area contributed by atoms with E-state index in [1.165, 1.54) is 7.11 Å². The van der Waals surface area contributed by atoms with E-state index in [1.807, 2.05) is 91.0 Å². The van der Waals surface area contributed by atoms with Crippen LogP contribution in [-0.4, -0.2) is 30.3 Å². The van der Waals surface area contributed by atoms with Crippen LogP contribution in [0.1, 0.15) is 23.6 Å². The summed E-state index contributed by atoms with van der Waals surface area (Å²) in [4.78, 5) is 12.5. The van der Waals surface area contributed by atoms with Crippen molar-refractivity contribution >= 4 is 5.97 Å². The minimum Gasteiger partial charge on any atom is -0.468 e. The first kappa shape index (κ1) is 19.8. The number of hydrogen-bond donors (Lipinski definition) is 2. The van der Waals surface area contributed by atoms with Gasteiger partial charge in [0, 0.05) is 0 Å². The molecule has 4 nitrogen and oxygen atoms in total. The third-order valence-corrected chi connectivity index (χ3v) is 4.93. The highest BCUT2D eigenvalue weighted by molar-refractivity contribution is 5.77. The van der Waals surface area contributed by atoms with Crippen LogP contribution in [0.15, 0.2) is 91.0 Å². The van der Waals surface area contributed by atoms with E-state index in [0.29, 0.717) is 0 Å². The molecular formula is C24H25NO3. The van der Waals surface area contributed by atoms with Crippen molar-refractivity contribution in [2.45, 2.75) is 24.6 Å². The topological polar surface area (TPSA) is 58.6 Å².